The normalized spacial score (nSPS) is 11.6. The van der Waals surface area contributed by atoms with E-state index in [1.165, 1.54) is 6.33 Å². The Bertz CT molecular complexity index is 574. The lowest BCUT2D eigenvalue weighted by molar-refractivity contribution is 0.872. The zero-order chi connectivity index (χ0) is 13.0. The summed E-state index contributed by atoms with van der Waals surface area (Å²) in [6.45, 7) is 2.00. The van der Waals surface area contributed by atoms with Gasteiger partial charge in [-0.3, -0.25) is 0 Å². The van der Waals surface area contributed by atoms with E-state index in [0.29, 0.717) is 16.4 Å². The Kier molecular flexibility index (Phi) is 3.75. The van der Waals surface area contributed by atoms with Crippen molar-refractivity contribution in [2.45, 2.75) is 13.0 Å². The molecule has 0 bridgehead atoms. The van der Waals surface area contributed by atoms with Gasteiger partial charge in [0.2, 0.25) is 0 Å². The fraction of sp³-hybridized carbons (Fsp3) is 0.154. The molecule has 0 aliphatic rings. The van der Waals surface area contributed by atoms with Crippen LogP contribution < -0.4 is 5.32 Å². The molecule has 1 unspecified atom stereocenters. The standard InChI is InChI=1S/C13H11ClN4/c1-9(11-4-2-10(6-15)3-5-11)18-13-12(14)7-16-8-17-13/h2-5,7-9H,1H3,(H,16,17,18). The molecule has 0 saturated heterocycles. The highest BCUT2D eigenvalue weighted by atomic mass is 35.5. The second kappa shape index (κ2) is 5.48. The molecule has 5 heteroatoms. The molecule has 0 aliphatic carbocycles. The molecule has 4 nitrogen and oxygen atoms in total. The number of benzene rings is 1. The molecule has 0 aliphatic heterocycles. The first-order chi connectivity index (χ1) is 8.70. The third kappa shape index (κ3) is 2.76. The van der Waals surface area contributed by atoms with Crippen LogP contribution in [-0.2, 0) is 0 Å². The van der Waals surface area contributed by atoms with Gasteiger partial charge in [0.1, 0.15) is 17.2 Å². The third-order valence-corrected chi connectivity index (χ3v) is 2.84. The van der Waals surface area contributed by atoms with Gasteiger partial charge in [0.05, 0.1) is 17.8 Å². The molecule has 1 N–H and O–H groups in total. The minimum absolute atomic E-state index is 0.0464. The van der Waals surface area contributed by atoms with E-state index in [9.17, 15) is 0 Å². The van der Waals surface area contributed by atoms with E-state index in [4.69, 9.17) is 16.9 Å². The Morgan fingerprint density at radius 1 is 1.33 bits per heavy atom. The highest BCUT2D eigenvalue weighted by Gasteiger charge is 2.08. The van der Waals surface area contributed by atoms with Crippen LogP contribution in [0.2, 0.25) is 5.02 Å². The summed E-state index contributed by atoms with van der Waals surface area (Å²) >= 11 is 5.97. The topological polar surface area (TPSA) is 61.6 Å². The molecule has 1 aromatic carbocycles. The molecule has 0 radical (unpaired) electrons. The Hall–Kier alpha value is -2.12. The van der Waals surface area contributed by atoms with Gasteiger partial charge >= 0.3 is 0 Å². The Morgan fingerprint density at radius 3 is 2.67 bits per heavy atom. The highest BCUT2D eigenvalue weighted by molar-refractivity contribution is 6.32. The van der Waals surface area contributed by atoms with Gasteiger partial charge in [-0.25, -0.2) is 9.97 Å². The van der Waals surface area contributed by atoms with Gasteiger partial charge in [-0.15, -0.1) is 0 Å². The largest absolute Gasteiger partial charge is 0.362 e. The van der Waals surface area contributed by atoms with Crippen molar-refractivity contribution in [1.82, 2.24) is 9.97 Å². The number of rotatable bonds is 3. The van der Waals surface area contributed by atoms with Gasteiger partial charge in [0, 0.05) is 6.04 Å². The van der Waals surface area contributed by atoms with Gasteiger partial charge in [0.25, 0.3) is 0 Å². The first-order valence-corrected chi connectivity index (χ1v) is 5.80. The highest BCUT2D eigenvalue weighted by Crippen LogP contribution is 2.22. The molecule has 1 heterocycles. The van der Waals surface area contributed by atoms with Gasteiger partial charge in [0.15, 0.2) is 0 Å². The van der Waals surface area contributed by atoms with Crippen LogP contribution in [0.15, 0.2) is 36.8 Å². The molecule has 18 heavy (non-hydrogen) atoms. The minimum Gasteiger partial charge on any atom is -0.362 e. The number of anilines is 1. The SMILES string of the molecule is CC(Nc1ncncc1Cl)c1ccc(C#N)cc1. The summed E-state index contributed by atoms with van der Waals surface area (Å²) in [4.78, 5) is 7.90. The molecule has 2 rings (SSSR count). The lowest BCUT2D eigenvalue weighted by atomic mass is 10.1. The fourth-order valence-corrected chi connectivity index (χ4v) is 1.71. The van der Waals surface area contributed by atoms with E-state index in [1.807, 2.05) is 19.1 Å². The Balaban J connectivity index is 2.15. The predicted octanol–water partition coefficient (Wildman–Crippen LogP) is 3.17. The molecule has 0 amide bonds. The summed E-state index contributed by atoms with van der Waals surface area (Å²) in [7, 11) is 0. The maximum absolute atomic E-state index is 8.74. The van der Waals surface area contributed by atoms with Crippen LogP contribution >= 0.6 is 11.6 Å². The summed E-state index contributed by atoms with van der Waals surface area (Å²) in [5.74, 6) is 0.600. The molecule has 0 saturated carbocycles. The average molecular weight is 259 g/mol. The Labute approximate surface area is 110 Å². The van der Waals surface area contributed by atoms with Crippen molar-refractivity contribution < 1.29 is 0 Å². The lowest BCUT2D eigenvalue weighted by Crippen LogP contribution is -2.08. The Morgan fingerprint density at radius 2 is 2.06 bits per heavy atom. The number of aromatic nitrogens is 2. The van der Waals surface area contributed by atoms with E-state index < -0.39 is 0 Å². The predicted molar refractivity (Wildman–Crippen MR) is 70.2 cm³/mol. The molecule has 1 atom stereocenters. The van der Waals surface area contributed by atoms with Crippen molar-refractivity contribution in [2.75, 3.05) is 5.32 Å². The van der Waals surface area contributed by atoms with Gasteiger partial charge in [-0.1, -0.05) is 23.7 Å². The second-order valence-corrected chi connectivity index (χ2v) is 4.23. The molecule has 0 fully saturated rings. The summed E-state index contributed by atoms with van der Waals surface area (Å²) in [5.41, 5.74) is 1.70. The molecular formula is C13H11ClN4. The second-order valence-electron chi connectivity index (χ2n) is 3.82. The van der Waals surface area contributed by atoms with Crippen LogP contribution in [0.1, 0.15) is 24.1 Å². The van der Waals surface area contributed by atoms with Crippen molar-refractivity contribution in [3.63, 3.8) is 0 Å². The average Bonchev–Trinajstić information content (AvgIpc) is 2.41. The summed E-state index contributed by atoms with van der Waals surface area (Å²) in [6, 6.07) is 9.53. The van der Waals surface area contributed by atoms with Crippen molar-refractivity contribution in [1.29, 1.82) is 5.26 Å². The van der Waals surface area contributed by atoms with E-state index in [-0.39, 0.29) is 6.04 Å². The molecule has 2 aromatic rings. The van der Waals surface area contributed by atoms with Crippen molar-refractivity contribution in [3.8, 4) is 6.07 Å². The monoisotopic (exact) mass is 258 g/mol. The van der Waals surface area contributed by atoms with Crippen molar-refractivity contribution in [2.24, 2.45) is 0 Å². The number of hydrogen-bond acceptors (Lipinski definition) is 4. The smallest absolute Gasteiger partial charge is 0.148 e. The number of nitriles is 1. The van der Waals surface area contributed by atoms with E-state index in [0.717, 1.165) is 5.56 Å². The van der Waals surface area contributed by atoms with E-state index in [1.54, 1.807) is 18.3 Å². The first kappa shape index (κ1) is 12.3. The molecule has 1 aromatic heterocycles. The number of nitrogens with one attached hydrogen (secondary N) is 1. The molecular weight excluding hydrogens is 248 g/mol. The number of hydrogen-bond donors (Lipinski definition) is 1. The van der Waals surface area contributed by atoms with Crippen LogP contribution in [0, 0.1) is 11.3 Å². The summed E-state index contributed by atoms with van der Waals surface area (Å²) in [6.07, 6.45) is 2.99. The van der Waals surface area contributed by atoms with Crippen molar-refractivity contribution >= 4 is 17.4 Å². The quantitative estimate of drug-likeness (QED) is 0.919. The van der Waals surface area contributed by atoms with Crippen LogP contribution in [0.5, 0.6) is 0 Å². The molecule has 0 spiro atoms. The summed E-state index contributed by atoms with van der Waals surface area (Å²) < 4.78 is 0. The van der Waals surface area contributed by atoms with Gasteiger partial charge in [-0.2, -0.15) is 5.26 Å². The van der Waals surface area contributed by atoms with E-state index >= 15 is 0 Å². The zero-order valence-electron chi connectivity index (χ0n) is 9.76. The third-order valence-electron chi connectivity index (χ3n) is 2.56. The van der Waals surface area contributed by atoms with Gasteiger partial charge < -0.3 is 5.32 Å². The molecule has 90 valence electrons. The minimum atomic E-state index is 0.0464. The van der Waals surface area contributed by atoms with Crippen LogP contribution in [0.4, 0.5) is 5.82 Å². The maximum Gasteiger partial charge on any atom is 0.148 e. The first-order valence-electron chi connectivity index (χ1n) is 5.43. The van der Waals surface area contributed by atoms with Gasteiger partial charge in [-0.05, 0) is 24.6 Å². The number of nitrogens with zero attached hydrogens (tertiary/aromatic N) is 3. The zero-order valence-corrected chi connectivity index (χ0v) is 10.5. The van der Waals surface area contributed by atoms with Crippen LogP contribution in [0.25, 0.3) is 0 Å². The van der Waals surface area contributed by atoms with Crippen LogP contribution in [0.3, 0.4) is 0 Å². The number of halogens is 1. The fourth-order valence-electron chi connectivity index (χ4n) is 1.55. The van der Waals surface area contributed by atoms with E-state index in [2.05, 4.69) is 21.4 Å². The maximum atomic E-state index is 8.74. The van der Waals surface area contributed by atoms with Crippen molar-refractivity contribution in [3.05, 3.63) is 52.9 Å². The lowest BCUT2D eigenvalue weighted by Gasteiger charge is -2.15. The summed E-state index contributed by atoms with van der Waals surface area (Å²) in [5, 5.41) is 12.4. The van der Waals surface area contributed by atoms with Crippen LogP contribution in [-0.4, -0.2) is 9.97 Å².